The van der Waals surface area contributed by atoms with Gasteiger partial charge in [-0.25, -0.2) is 9.59 Å². The Balaban J connectivity index is 2.50. The van der Waals surface area contributed by atoms with Gasteiger partial charge in [0.25, 0.3) is 6.04 Å². The number of hydrogen-bond acceptors (Lipinski definition) is 9. The van der Waals surface area contributed by atoms with Gasteiger partial charge in [-0.1, -0.05) is 0 Å². The Morgan fingerprint density at radius 3 is 2.04 bits per heavy atom. The second-order valence-corrected chi connectivity index (χ2v) is 6.43. The number of esters is 2. The number of nitrogens with zero attached hydrogens (tertiary/aromatic N) is 1. The molecule has 146 valence electrons. The molecule has 5 atom stereocenters. The first kappa shape index (κ1) is 20.1. The average Bonchev–Trinajstić information content (AvgIpc) is 3.08. The first-order valence-electron chi connectivity index (χ1n) is 8.43. The van der Waals surface area contributed by atoms with E-state index in [2.05, 4.69) is 0 Å². The normalized spacial score (nSPS) is 36.2. The molecule has 1 fully saturated rings. The summed E-state index contributed by atoms with van der Waals surface area (Å²) in [5.74, 6) is -3.23. The van der Waals surface area contributed by atoms with Gasteiger partial charge in [0.2, 0.25) is 11.2 Å². The first-order valence-corrected chi connectivity index (χ1v) is 8.43. The smallest absolute Gasteiger partial charge is 0.345 e. The van der Waals surface area contributed by atoms with Gasteiger partial charge in [0.15, 0.2) is 0 Å². The Labute approximate surface area is 149 Å². The van der Waals surface area contributed by atoms with E-state index in [0.717, 1.165) is 0 Å². The maximum absolute atomic E-state index is 12.4. The van der Waals surface area contributed by atoms with E-state index in [0.29, 0.717) is 6.42 Å². The molecular formula is C16H23NO9. The molecule has 1 aliphatic heterocycles. The molecule has 10 heteroatoms. The predicted molar refractivity (Wildman–Crippen MR) is 85.3 cm³/mol. The van der Waals surface area contributed by atoms with Crippen molar-refractivity contribution in [3.05, 3.63) is 22.5 Å². The number of carbonyl (C=O) groups excluding carboxylic acids is 2. The second kappa shape index (κ2) is 7.58. The zero-order chi connectivity index (χ0) is 19.5. The summed E-state index contributed by atoms with van der Waals surface area (Å²) in [6, 6.07) is -2.32. The van der Waals surface area contributed by atoms with E-state index in [1.807, 2.05) is 0 Å². The van der Waals surface area contributed by atoms with Crippen LogP contribution in [0.25, 0.3) is 0 Å². The number of carbonyl (C=O) groups is 2. The summed E-state index contributed by atoms with van der Waals surface area (Å²) >= 11 is 0. The van der Waals surface area contributed by atoms with Crippen molar-refractivity contribution in [1.29, 1.82) is 0 Å². The quantitative estimate of drug-likeness (QED) is 0.371. The summed E-state index contributed by atoms with van der Waals surface area (Å²) in [5, 5.41) is 33.5. The summed E-state index contributed by atoms with van der Waals surface area (Å²) in [6.07, 6.45) is 2.25. The Hall–Kier alpha value is -2.20. The highest BCUT2D eigenvalue weighted by atomic mass is 16.6. The van der Waals surface area contributed by atoms with Gasteiger partial charge in [-0.05, 0) is 19.9 Å². The molecule has 0 bridgehead atoms. The first-order chi connectivity index (χ1) is 12.2. The van der Waals surface area contributed by atoms with Crippen molar-refractivity contribution in [2.75, 3.05) is 13.2 Å². The standard InChI is InChI=1S/C16H23NO9/c1-3-24-13(18)15(20)8-10(11-6-5-7-26-11)9-16(21,12(15)17(22)23)14(19)25-4-2/h5,7,10-12,20-21H,3-4,6,8-9H2,1-2H3/t10?,11?,12?,15-,16+. The lowest BCUT2D eigenvalue weighted by Crippen LogP contribution is -2.71. The molecular weight excluding hydrogens is 350 g/mol. The van der Waals surface area contributed by atoms with E-state index < -0.39 is 46.1 Å². The molecule has 3 unspecified atom stereocenters. The van der Waals surface area contributed by atoms with Gasteiger partial charge in [-0.2, -0.15) is 0 Å². The Bertz CT molecular complexity index is 565. The van der Waals surface area contributed by atoms with Crippen LogP contribution >= 0.6 is 0 Å². The number of ether oxygens (including phenoxy) is 3. The van der Waals surface area contributed by atoms with Crippen molar-refractivity contribution in [2.24, 2.45) is 5.92 Å². The van der Waals surface area contributed by atoms with Gasteiger partial charge < -0.3 is 24.4 Å². The number of rotatable bonds is 6. The lowest BCUT2D eigenvalue weighted by atomic mass is 9.64. The third-order valence-electron chi connectivity index (χ3n) is 4.76. The Morgan fingerprint density at radius 2 is 1.69 bits per heavy atom. The van der Waals surface area contributed by atoms with E-state index in [9.17, 15) is 29.9 Å². The molecule has 0 spiro atoms. The van der Waals surface area contributed by atoms with Crippen LogP contribution in [0.1, 0.15) is 33.1 Å². The molecule has 0 aromatic carbocycles. The predicted octanol–water partition coefficient (Wildman–Crippen LogP) is -0.0673. The molecule has 0 saturated heterocycles. The summed E-state index contributed by atoms with van der Waals surface area (Å²) in [4.78, 5) is 35.4. The van der Waals surface area contributed by atoms with Crippen molar-refractivity contribution in [1.82, 2.24) is 0 Å². The lowest BCUT2D eigenvalue weighted by Gasteiger charge is -2.45. The molecule has 0 aromatic rings. The van der Waals surface area contributed by atoms with Crippen molar-refractivity contribution in [2.45, 2.75) is 56.5 Å². The molecule has 10 nitrogen and oxygen atoms in total. The highest BCUT2D eigenvalue weighted by Crippen LogP contribution is 2.45. The minimum absolute atomic E-state index is 0.129. The fraction of sp³-hybridized carbons (Fsp3) is 0.750. The minimum Gasteiger partial charge on any atom is -0.498 e. The van der Waals surface area contributed by atoms with Crippen LogP contribution < -0.4 is 0 Å². The summed E-state index contributed by atoms with van der Waals surface area (Å²) in [5.41, 5.74) is -5.40. The monoisotopic (exact) mass is 373 g/mol. The molecule has 0 radical (unpaired) electrons. The number of hydrogen-bond donors (Lipinski definition) is 2. The topological polar surface area (TPSA) is 145 Å². The summed E-state index contributed by atoms with van der Waals surface area (Å²) < 4.78 is 15.0. The Morgan fingerprint density at radius 1 is 1.19 bits per heavy atom. The van der Waals surface area contributed by atoms with Crippen LogP contribution in [0.2, 0.25) is 0 Å². The van der Waals surface area contributed by atoms with Gasteiger partial charge in [0.1, 0.15) is 6.10 Å². The molecule has 1 saturated carbocycles. The second-order valence-electron chi connectivity index (χ2n) is 6.43. The highest BCUT2D eigenvalue weighted by molar-refractivity contribution is 5.86. The van der Waals surface area contributed by atoms with Crippen LogP contribution in [0.5, 0.6) is 0 Å². The molecule has 26 heavy (non-hydrogen) atoms. The summed E-state index contributed by atoms with van der Waals surface area (Å²) in [7, 11) is 0. The molecule has 1 heterocycles. The molecule has 2 aliphatic rings. The van der Waals surface area contributed by atoms with Crippen LogP contribution in [0, 0.1) is 16.0 Å². The maximum atomic E-state index is 12.4. The summed E-state index contributed by atoms with van der Waals surface area (Å²) in [6.45, 7) is 2.69. The molecule has 1 aliphatic carbocycles. The third kappa shape index (κ3) is 3.38. The van der Waals surface area contributed by atoms with Crippen LogP contribution in [0.3, 0.4) is 0 Å². The van der Waals surface area contributed by atoms with Gasteiger partial charge in [-0.15, -0.1) is 0 Å². The van der Waals surface area contributed by atoms with Crippen molar-refractivity contribution in [3.63, 3.8) is 0 Å². The zero-order valence-electron chi connectivity index (χ0n) is 14.6. The SMILES string of the molecule is CCOC(=O)[C@]1(O)CC(C2CC=CO2)C[C@](O)(C(=O)OCC)C1[N+](=O)[O-]. The van der Waals surface area contributed by atoms with E-state index in [-0.39, 0.29) is 26.1 Å². The van der Waals surface area contributed by atoms with Crippen LogP contribution in [0.4, 0.5) is 0 Å². The molecule has 0 amide bonds. The van der Waals surface area contributed by atoms with E-state index >= 15 is 0 Å². The van der Waals surface area contributed by atoms with Crippen LogP contribution in [-0.2, 0) is 23.8 Å². The van der Waals surface area contributed by atoms with E-state index in [4.69, 9.17) is 14.2 Å². The van der Waals surface area contributed by atoms with Gasteiger partial charge >= 0.3 is 11.9 Å². The molecule has 2 N–H and O–H groups in total. The third-order valence-corrected chi connectivity index (χ3v) is 4.76. The Kier molecular flexibility index (Phi) is 5.87. The molecule has 0 aromatic heterocycles. The maximum Gasteiger partial charge on any atom is 0.345 e. The number of aliphatic hydroxyl groups is 2. The van der Waals surface area contributed by atoms with Crippen molar-refractivity contribution in [3.8, 4) is 0 Å². The fourth-order valence-electron chi connectivity index (χ4n) is 3.71. The van der Waals surface area contributed by atoms with E-state index in [1.165, 1.54) is 20.1 Å². The van der Waals surface area contributed by atoms with Gasteiger partial charge in [-0.3, -0.25) is 10.1 Å². The molecule has 2 rings (SSSR count). The van der Waals surface area contributed by atoms with Gasteiger partial charge in [0.05, 0.1) is 19.5 Å². The largest absolute Gasteiger partial charge is 0.498 e. The fourth-order valence-corrected chi connectivity index (χ4v) is 3.71. The van der Waals surface area contributed by atoms with Crippen molar-refractivity contribution >= 4 is 11.9 Å². The van der Waals surface area contributed by atoms with Crippen LogP contribution in [-0.4, -0.2) is 63.6 Å². The van der Waals surface area contributed by atoms with Crippen LogP contribution in [0.15, 0.2) is 12.3 Å². The minimum atomic E-state index is -2.70. The van der Waals surface area contributed by atoms with Crippen molar-refractivity contribution < 1.29 is 38.9 Å². The van der Waals surface area contributed by atoms with E-state index in [1.54, 1.807) is 6.08 Å². The average molecular weight is 373 g/mol. The lowest BCUT2D eigenvalue weighted by molar-refractivity contribution is -0.567. The van der Waals surface area contributed by atoms with Gasteiger partial charge in [0, 0.05) is 30.1 Å². The zero-order valence-corrected chi connectivity index (χ0v) is 14.6. The highest BCUT2D eigenvalue weighted by Gasteiger charge is 2.71. The number of nitro groups is 1.